The molecule has 4 nitrogen and oxygen atoms in total. The maximum Gasteiger partial charge on any atom is 0.261 e. The predicted molar refractivity (Wildman–Crippen MR) is 135 cm³/mol. The van der Waals surface area contributed by atoms with Gasteiger partial charge in [0.05, 0.1) is 4.90 Å². The molecule has 0 atom stereocenters. The first-order valence-electron chi connectivity index (χ1n) is 10.1. The van der Waals surface area contributed by atoms with Gasteiger partial charge in [-0.2, -0.15) is 0 Å². The summed E-state index contributed by atoms with van der Waals surface area (Å²) in [6.45, 7) is 0.977. The summed E-state index contributed by atoms with van der Waals surface area (Å²) in [7, 11) is 1.55. The minimum absolute atomic E-state index is 0.0368. The average Bonchev–Trinajstić information content (AvgIpc) is 2.83. The number of ether oxygens (including phenoxy) is 2. The van der Waals surface area contributed by atoms with Crippen molar-refractivity contribution in [3.05, 3.63) is 120 Å². The van der Waals surface area contributed by atoms with Crippen LogP contribution in [0.5, 0.6) is 11.5 Å². The van der Waals surface area contributed by atoms with Gasteiger partial charge in [-0.05, 0) is 41.5 Å². The van der Waals surface area contributed by atoms with E-state index in [0.717, 1.165) is 16.2 Å². The van der Waals surface area contributed by atoms with Crippen molar-refractivity contribution in [3.8, 4) is 11.5 Å². The first kappa shape index (κ1) is 24.7. The Morgan fingerprint density at radius 2 is 1.12 bits per heavy atom. The van der Waals surface area contributed by atoms with Gasteiger partial charge in [0, 0.05) is 21.6 Å². The van der Waals surface area contributed by atoms with Gasteiger partial charge in [0.25, 0.3) is 9.05 Å². The summed E-state index contributed by atoms with van der Waals surface area (Å²) in [6.07, 6.45) is 0. The van der Waals surface area contributed by atoms with E-state index in [9.17, 15) is 8.42 Å². The van der Waals surface area contributed by atoms with Crippen molar-refractivity contribution in [2.24, 2.45) is 0 Å². The van der Waals surface area contributed by atoms with Gasteiger partial charge in [-0.15, -0.1) is 12.6 Å². The average molecular weight is 499 g/mol. The zero-order chi connectivity index (χ0) is 23.5. The highest BCUT2D eigenvalue weighted by atomic mass is 35.7. The summed E-state index contributed by atoms with van der Waals surface area (Å²) in [5, 5.41) is 0. The Morgan fingerprint density at radius 3 is 1.61 bits per heavy atom. The second-order valence-corrected chi connectivity index (χ2v) is 10.0. The molecule has 0 saturated carbocycles. The van der Waals surface area contributed by atoms with Crippen LogP contribution >= 0.6 is 23.3 Å². The molecule has 0 saturated heterocycles. The van der Waals surface area contributed by atoms with Gasteiger partial charge in [-0.1, -0.05) is 72.8 Å². The van der Waals surface area contributed by atoms with Crippen molar-refractivity contribution in [2.45, 2.75) is 23.0 Å². The minimum atomic E-state index is -3.72. The predicted octanol–water partition coefficient (Wildman–Crippen LogP) is 6.75. The number of hydrogen-bond donors (Lipinski definition) is 1. The fourth-order valence-electron chi connectivity index (χ4n) is 2.77. The molecule has 0 bridgehead atoms. The summed E-state index contributed by atoms with van der Waals surface area (Å²) in [5.41, 5.74) is 2.18. The molecule has 0 unspecified atom stereocenters. The SMILES string of the molecule is O=S(=O)(Cl)c1cccc(OCc2ccccc2)c1.Sc1cccc(OCc2ccccc2)c1. The lowest BCUT2D eigenvalue weighted by Crippen LogP contribution is -1.96. The number of hydrogen-bond acceptors (Lipinski definition) is 5. The molecular weight excluding hydrogens is 476 g/mol. The lowest BCUT2D eigenvalue weighted by molar-refractivity contribution is 0.305. The second-order valence-electron chi connectivity index (χ2n) is 6.96. The quantitative estimate of drug-likeness (QED) is 0.226. The van der Waals surface area contributed by atoms with E-state index >= 15 is 0 Å². The molecule has 4 aromatic rings. The summed E-state index contributed by atoms with van der Waals surface area (Å²) >= 11 is 4.25. The van der Waals surface area contributed by atoms with Gasteiger partial charge >= 0.3 is 0 Å². The summed E-state index contributed by atoms with van der Waals surface area (Å²) in [5.74, 6) is 1.33. The summed E-state index contributed by atoms with van der Waals surface area (Å²) in [6, 6.07) is 33.5. The zero-order valence-electron chi connectivity index (χ0n) is 17.7. The van der Waals surface area contributed by atoms with Gasteiger partial charge in [-0.25, -0.2) is 8.42 Å². The first-order chi connectivity index (χ1) is 15.9. The Kier molecular flexibility index (Phi) is 9.24. The maximum absolute atomic E-state index is 11.2. The van der Waals surface area contributed by atoms with Gasteiger partial charge in [0.1, 0.15) is 24.7 Å². The summed E-state index contributed by atoms with van der Waals surface area (Å²) < 4.78 is 33.5. The van der Waals surface area contributed by atoms with E-state index in [0.29, 0.717) is 19.0 Å². The van der Waals surface area contributed by atoms with Crippen molar-refractivity contribution < 1.29 is 17.9 Å². The fraction of sp³-hybridized carbons (Fsp3) is 0.0769. The molecule has 0 heterocycles. The minimum Gasteiger partial charge on any atom is -0.489 e. The van der Waals surface area contributed by atoms with Crippen LogP contribution in [0.4, 0.5) is 0 Å². The van der Waals surface area contributed by atoms with Crippen LogP contribution in [0.1, 0.15) is 11.1 Å². The number of rotatable bonds is 7. The van der Waals surface area contributed by atoms with Crippen LogP contribution in [0.15, 0.2) is 119 Å². The third-order valence-electron chi connectivity index (χ3n) is 4.40. The lowest BCUT2D eigenvalue weighted by atomic mass is 10.2. The number of thiol groups is 1. The summed E-state index contributed by atoms with van der Waals surface area (Å²) in [4.78, 5) is 0.954. The molecule has 0 aliphatic carbocycles. The van der Waals surface area contributed by atoms with Crippen LogP contribution in [0.2, 0.25) is 0 Å². The van der Waals surface area contributed by atoms with Crippen molar-refractivity contribution in [2.75, 3.05) is 0 Å². The van der Waals surface area contributed by atoms with E-state index in [1.165, 1.54) is 17.7 Å². The Balaban J connectivity index is 0.000000189. The molecule has 0 fully saturated rings. The standard InChI is InChI=1S/C13H11ClO3S.C13H12OS/c14-18(15,16)13-8-4-7-12(9-13)17-10-11-5-2-1-3-6-11;15-13-8-4-7-12(9-13)14-10-11-5-2-1-3-6-11/h1-9H,10H2;1-9,15H,10H2. The van der Waals surface area contributed by atoms with Crippen LogP contribution < -0.4 is 9.47 Å². The lowest BCUT2D eigenvalue weighted by Gasteiger charge is -2.06. The molecule has 0 aliphatic rings. The molecule has 0 aliphatic heterocycles. The molecule has 33 heavy (non-hydrogen) atoms. The van der Waals surface area contributed by atoms with Gasteiger partial charge in [0.2, 0.25) is 0 Å². The van der Waals surface area contributed by atoms with E-state index in [1.54, 1.807) is 12.1 Å². The van der Waals surface area contributed by atoms with Crippen LogP contribution in [0.3, 0.4) is 0 Å². The molecule has 0 spiro atoms. The smallest absolute Gasteiger partial charge is 0.261 e. The second kappa shape index (κ2) is 12.3. The highest BCUT2D eigenvalue weighted by Gasteiger charge is 2.10. The normalized spacial score (nSPS) is 10.6. The molecule has 0 aromatic heterocycles. The fourth-order valence-corrected chi connectivity index (χ4v) is 3.77. The molecule has 0 N–H and O–H groups in total. The Morgan fingerprint density at radius 1 is 0.636 bits per heavy atom. The molecule has 4 aromatic carbocycles. The first-order valence-corrected chi connectivity index (χ1v) is 12.8. The highest BCUT2D eigenvalue weighted by Crippen LogP contribution is 2.21. The van der Waals surface area contributed by atoms with Crippen molar-refractivity contribution >= 4 is 32.4 Å². The third kappa shape index (κ3) is 8.85. The van der Waals surface area contributed by atoms with Gasteiger partial charge in [0.15, 0.2) is 0 Å². The monoisotopic (exact) mass is 498 g/mol. The van der Waals surface area contributed by atoms with Crippen molar-refractivity contribution in [1.29, 1.82) is 0 Å². The molecule has 0 radical (unpaired) electrons. The van der Waals surface area contributed by atoms with Crippen LogP contribution in [0, 0.1) is 0 Å². The largest absolute Gasteiger partial charge is 0.489 e. The number of benzene rings is 4. The van der Waals surface area contributed by atoms with Crippen LogP contribution in [-0.4, -0.2) is 8.42 Å². The molecule has 170 valence electrons. The van der Waals surface area contributed by atoms with Crippen LogP contribution in [0.25, 0.3) is 0 Å². The highest BCUT2D eigenvalue weighted by molar-refractivity contribution is 8.13. The molecular formula is C26H23ClO4S2. The topological polar surface area (TPSA) is 52.6 Å². The van der Waals surface area contributed by atoms with E-state index < -0.39 is 9.05 Å². The molecule has 4 rings (SSSR count). The van der Waals surface area contributed by atoms with E-state index in [1.807, 2.05) is 84.9 Å². The van der Waals surface area contributed by atoms with E-state index in [-0.39, 0.29) is 4.90 Å². The van der Waals surface area contributed by atoms with Crippen molar-refractivity contribution in [3.63, 3.8) is 0 Å². The zero-order valence-corrected chi connectivity index (χ0v) is 20.1. The molecule has 0 amide bonds. The Labute approximate surface area is 204 Å². The van der Waals surface area contributed by atoms with Gasteiger partial charge < -0.3 is 9.47 Å². The Bertz CT molecular complexity index is 1250. The number of halogens is 1. The molecule has 7 heteroatoms. The van der Waals surface area contributed by atoms with Crippen molar-refractivity contribution in [1.82, 2.24) is 0 Å². The maximum atomic E-state index is 11.2. The van der Waals surface area contributed by atoms with E-state index in [4.69, 9.17) is 20.2 Å². The Hall–Kier alpha value is -2.93. The third-order valence-corrected chi connectivity index (χ3v) is 6.03. The van der Waals surface area contributed by atoms with Gasteiger partial charge in [-0.3, -0.25) is 0 Å². The van der Waals surface area contributed by atoms with Crippen LogP contribution in [-0.2, 0) is 22.3 Å². The van der Waals surface area contributed by atoms with E-state index in [2.05, 4.69) is 12.6 Å².